The van der Waals surface area contributed by atoms with Crippen LogP contribution in [0.4, 0.5) is 0 Å². The van der Waals surface area contributed by atoms with Crippen LogP contribution in [-0.2, 0) is 23.1 Å². The fraction of sp³-hybridized carbons (Fsp3) is 0.692. The molecule has 0 radical (unpaired) electrons. The average Bonchev–Trinajstić information content (AvgIpc) is 2.75. The molecule has 0 aromatic carbocycles. The second-order valence-electron chi connectivity index (χ2n) is 4.86. The summed E-state index contributed by atoms with van der Waals surface area (Å²) in [5.41, 5.74) is 1.04. The van der Waals surface area contributed by atoms with E-state index in [2.05, 4.69) is 5.10 Å². The number of nitrogens with zero attached hydrogens (tertiary/aromatic N) is 4. The molecule has 6 nitrogen and oxygen atoms in total. The van der Waals surface area contributed by atoms with Crippen LogP contribution in [0.15, 0.2) is 12.4 Å². The summed E-state index contributed by atoms with van der Waals surface area (Å²) in [7, 11) is 7.32. The lowest BCUT2D eigenvalue weighted by Crippen LogP contribution is -2.36. The molecule has 0 N–H and O–H groups in total. The third-order valence-electron chi connectivity index (χ3n) is 2.90. The molecule has 1 rings (SSSR count). The molecule has 6 heteroatoms. The van der Waals surface area contributed by atoms with Gasteiger partial charge in [0, 0.05) is 52.7 Å². The largest absolute Gasteiger partial charge is 0.385 e. The zero-order valence-corrected chi connectivity index (χ0v) is 12.3. The molecule has 0 saturated heterocycles. The Kier molecular flexibility index (Phi) is 6.52. The molecule has 0 saturated carbocycles. The normalized spacial score (nSPS) is 11.0. The van der Waals surface area contributed by atoms with Crippen molar-refractivity contribution < 1.29 is 9.53 Å². The minimum atomic E-state index is 0.115. The van der Waals surface area contributed by atoms with E-state index in [1.54, 1.807) is 22.9 Å². The number of aromatic nitrogens is 2. The molecule has 0 aliphatic carbocycles. The first-order valence-corrected chi connectivity index (χ1v) is 6.42. The number of carbonyl (C=O) groups excluding carboxylic acids is 1. The molecule has 0 aliphatic rings. The van der Waals surface area contributed by atoms with Crippen LogP contribution in [0.25, 0.3) is 0 Å². The van der Waals surface area contributed by atoms with Gasteiger partial charge in [0.05, 0.1) is 12.7 Å². The van der Waals surface area contributed by atoms with Gasteiger partial charge in [-0.25, -0.2) is 0 Å². The van der Waals surface area contributed by atoms with E-state index in [0.29, 0.717) is 13.1 Å². The first-order chi connectivity index (χ1) is 9.02. The van der Waals surface area contributed by atoms with Crippen molar-refractivity contribution in [3.05, 3.63) is 18.0 Å². The molecule has 0 aliphatic heterocycles. The number of methoxy groups -OCH3 is 1. The Hall–Kier alpha value is -1.40. The first kappa shape index (κ1) is 15.7. The van der Waals surface area contributed by atoms with Crippen molar-refractivity contribution in [2.45, 2.75) is 13.0 Å². The monoisotopic (exact) mass is 268 g/mol. The number of hydrogen-bond donors (Lipinski definition) is 0. The molecular weight excluding hydrogens is 244 g/mol. The van der Waals surface area contributed by atoms with Gasteiger partial charge in [0.1, 0.15) is 0 Å². The van der Waals surface area contributed by atoms with Gasteiger partial charge in [-0.2, -0.15) is 5.10 Å². The molecule has 0 spiro atoms. The number of hydrogen-bond acceptors (Lipinski definition) is 4. The molecule has 1 aromatic heterocycles. The van der Waals surface area contributed by atoms with Crippen LogP contribution in [0.1, 0.15) is 12.0 Å². The summed E-state index contributed by atoms with van der Waals surface area (Å²) in [6, 6.07) is 0. The molecule has 1 heterocycles. The van der Waals surface area contributed by atoms with Crippen molar-refractivity contribution in [3.8, 4) is 0 Å². The van der Waals surface area contributed by atoms with Gasteiger partial charge in [-0.1, -0.05) is 0 Å². The van der Waals surface area contributed by atoms with Gasteiger partial charge in [-0.3, -0.25) is 14.4 Å². The van der Waals surface area contributed by atoms with Gasteiger partial charge < -0.3 is 9.64 Å². The highest BCUT2D eigenvalue weighted by atomic mass is 16.5. The van der Waals surface area contributed by atoms with Gasteiger partial charge in [0.15, 0.2) is 0 Å². The number of rotatable bonds is 8. The Bertz CT molecular complexity index is 392. The summed E-state index contributed by atoms with van der Waals surface area (Å²) in [6.45, 7) is 2.61. The molecular formula is C13H24N4O2. The van der Waals surface area contributed by atoms with Crippen LogP contribution in [0, 0.1) is 0 Å². The second kappa shape index (κ2) is 7.91. The predicted molar refractivity (Wildman–Crippen MR) is 73.7 cm³/mol. The summed E-state index contributed by atoms with van der Waals surface area (Å²) >= 11 is 0. The molecule has 19 heavy (non-hydrogen) atoms. The highest BCUT2D eigenvalue weighted by molar-refractivity contribution is 5.77. The van der Waals surface area contributed by atoms with Crippen LogP contribution in [0.3, 0.4) is 0 Å². The maximum absolute atomic E-state index is 12.0. The molecule has 1 amide bonds. The second-order valence-corrected chi connectivity index (χ2v) is 4.86. The lowest BCUT2D eigenvalue weighted by Gasteiger charge is -2.21. The fourth-order valence-electron chi connectivity index (χ4n) is 1.83. The van der Waals surface area contributed by atoms with E-state index in [-0.39, 0.29) is 5.91 Å². The van der Waals surface area contributed by atoms with Gasteiger partial charge in [0.25, 0.3) is 0 Å². The molecule has 0 unspecified atom stereocenters. The quantitative estimate of drug-likeness (QED) is 0.638. The minimum Gasteiger partial charge on any atom is -0.385 e. The van der Waals surface area contributed by atoms with E-state index in [1.165, 1.54) is 0 Å². The van der Waals surface area contributed by atoms with Crippen molar-refractivity contribution in [1.29, 1.82) is 0 Å². The Labute approximate surface area is 114 Å². The van der Waals surface area contributed by atoms with E-state index in [1.807, 2.05) is 32.2 Å². The third kappa shape index (κ3) is 5.85. The maximum atomic E-state index is 12.0. The highest BCUT2D eigenvalue weighted by Gasteiger charge is 2.12. The van der Waals surface area contributed by atoms with Crippen molar-refractivity contribution >= 4 is 5.91 Å². The average molecular weight is 268 g/mol. The summed E-state index contributed by atoms with van der Waals surface area (Å²) in [4.78, 5) is 15.8. The Morgan fingerprint density at radius 2 is 2.21 bits per heavy atom. The standard InChI is InChI=1S/C13H24N4O2/c1-15(6-5-7-19-4)11-13(18)16(2)9-12-8-14-17(3)10-12/h8,10H,5-7,9,11H2,1-4H3. The number of aryl methyl sites for hydroxylation is 1. The zero-order valence-electron chi connectivity index (χ0n) is 12.3. The smallest absolute Gasteiger partial charge is 0.236 e. The van der Waals surface area contributed by atoms with Gasteiger partial charge in [-0.15, -0.1) is 0 Å². The van der Waals surface area contributed by atoms with Crippen molar-refractivity contribution in [1.82, 2.24) is 19.6 Å². The zero-order chi connectivity index (χ0) is 14.3. The lowest BCUT2D eigenvalue weighted by atomic mass is 10.3. The molecule has 0 fully saturated rings. The topological polar surface area (TPSA) is 50.6 Å². The third-order valence-corrected chi connectivity index (χ3v) is 2.90. The van der Waals surface area contributed by atoms with Gasteiger partial charge >= 0.3 is 0 Å². The first-order valence-electron chi connectivity index (χ1n) is 6.42. The van der Waals surface area contributed by atoms with Crippen LogP contribution in [0.2, 0.25) is 0 Å². The van der Waals surface area contributed by atoms with E-state index in [4.69, 9.17) is 4.74 Å². The van der Waals surface area contributed by atoms with Crippen LogP contribution >= 0.6 is 0 Å². The Morgan fingerprint density at radius 1 is 1.47 bits per heavy atom. The summed E-state index contributed by atoms with van der Waals surface area (Å²) in [5, 5.41) is 4.09. The summed E-state index contributed by atoms with van der Waals surface area (Å²) in [6.07, 6.45) is 4.64. The predicted octanol–water partition coefficient (Wildman–Crippen LogP) is 0.347. The molecule has 108 valence electrons. The van der Waals surface area contributed by atoms with Crippen molar-refractivity contribution in [2.75, 3.05) is 40.9 Å². The minimum absolute atomic E-state index is 0.115. The highest BCUT2D eigenvalue weighted by Crippen LogP contribution is 2.02. The molecule has 0 atom stereocenters. The van der Waals surface area contributed by atoms with E-state index >= 15 is 0 Å². The molecule has 1 aromatic rings. The summed E-state index contributed by atoms with van der Waals surface area (Å²) in [5.74, 6) is 0.115. The summed E-state index contributed by atoms with van der Waals surface area (Å²) < 4.78 is 6.74. The van der Waals surface area contributed by atoms with Crippen molar-refractivity contribution in [2.24, 2.45) is 7.05 Å². The van der Waals surface area contributed by atoms with Gasteiger partial charge in [-0.05, 0) is 13.5 Å². The number of likely N-dealkylation sites (N-methyl/N-ethyl adjacent to an activating group) is 2. The SMILES string of the molecule is COCCCN(C)CC(=O)N(C)Cc1cnn(C)c1. The Balaban J connectivity index is 2.31. The number of amides is 1. The van der Waals surface area contributed by atoms with E-state index in [0.717, 1.165) is 25.1 Å². The maximum Gasteiger partial charge on any atom is 0.236 e. The Morgan fingerprint density at radius 3 is 2.79 bits per heavy atom. The van der Waals surface area contributed by atoms with Crippen LogP contribution in [0.5, 0.6) is 0 Å². The van der Waals surface area contributed by atoms with Crippen molar-refractivity contribution in [3.63, 3.8) is 0 Å². The molecule has 0 bridgehead atoms. The number of ether oxygens (including phenoxy) is 1. The van der Waals surface area contributed by atoms with Crippen LogP contribution in [-0.4, -0.2) is 66.4 Å². The van der Waals surface area contributed by atoms with Crippen LogP contribution < -0.4 is 0 Å². The fourth-order valence-corrected chi connectivity index (χ4v) is 1.83. The van der Waals surface area contributed by atoms with Gasteiger partial charge in [0.2, 0.25) is 5.91 Å². The van der Waals surface area contributed by atoms with E-state index in [9.17, 15) is 4.79 Å². The lowest BCUT2D eigenvalue weighted by molar-refractivity contribution is -0.131. The van der Waals surface area contributed by atoms with E-state index < -0.39 is 0 Å². The number of carbonyl (C=O) groups is 1.